The number of aryl methyl sites for hydroxylation is 1. The normalized spacial score (nSPS) is 10.0. The Morgan fingerprint density at radius 1 is 1.33 bits per heavy atom. The second kappa shape index (κ2) is 6.08. The number of methoxy groups -OCH3 is 1. The largest absolute Gasteiger partial charge is 0.461 e. The molecule has 0 fully saturated rings. The van der Waals surface area contributed by atoms with E-state index in [4.69, 9.17) is 9.47 Å². The van der Waals surface area contributed by atoms with E-state index >= 15 is 0 Å². The van der Waals surface area contributed by atoms with Gasteiger partial charge in [0.05, 0.1) is 12.3 Å². The molecule has 1 heterocycles. The average molecular weight is 210 g/mol. The molecule has 1 aromatic rings. The molecular formula is C10H14N2O3. The van der Waals surface area contributed by atoms with Gasteiger partial charge in [0.15, 0.2) is 5.69 Å². The first-order valence-electron chi connectivity index (χ1n) is 4.70. The fourth-order valence-electron chi connectivity index (χ4n) is 0.950. The Morgan fingerprint density at radius 3 is 2.73 bits per heavy atom. The number of hydrogen-bond donors (Lipinski definition) is 0. The van der Waals surface area contributed by atoms with Crippen LogP contribution >= 0.6 is 0 Å². The lowest BCUT2D eigenvalue weighted by Crippen LogP contribution is -2.10. The number of carbonyl (C=O) groups excluding carboxylic acids is 1. The Labute approximate surface area is 88.4 Å². The summed E-state index contributed by atoms with van der Waals surface area (Å²) in [5.74, 6) is -0.446. The van der Waals surface area contributed by atoms with Gasteiger partial charge in [0, 0.05) is 20.1 Å². The van der Waals surface area contributed by atoms with Crippen LogP contribution in [-0.2, 0) is 9.47 Å². The molecule has 0 saturated carbocycles. The van der Waals surface area contributed by atoms with Gasteiger partial charge in [-0.3, -0.25) is 0 Å². The van der Waals surface area contributed by atoms with Crippen molar-refractivity contribution in [1.29, 1.82) is 0 Å². The summed E-state index contributed by atoms with van der Waals surface area (Å²) in [6.07, 6.45) is 0.682. The number of rotatable bonds is 5. The van der Waals surface area contributed by atoms with Crippen molar-refractivity contribution in [2.24, 2.45) is 0 Å². The van der Waals surface area contributed by atoms with E-state index in [0.29, 0.717) is 19.6 Å². The zero-order valence-corrected chi connectivity index (χ0v) is 8.90. The standard InChI is InChI=1S/C10H14N2O3/c1-8-4-5-9(12-11-8)10(13)15-7-3-6-14-2/h4-5H,3,6-7H2,1-2H3. The molecule has 0 aliphatic rings. The topological polar surface area (TPSA) is 61.3 Å². The van der Waals surface area contributed by atoms with E-state index in [-0.39, 0.29) is 5.69 Å². The molecule has 0 spiro atoms. The molecule has 82 valence electrons. The van der Waals surface area contributed by atoms with Crippen LogP contribution in [-0.4, -0.2) is 36.5 Å². The highest BCUT2D eigenvalue weighted by atomic mass is 16.5. The molecule has 0 radical (unpaired) electrons. The number of esters is 1. The third-order valence-electron chi connectivity index (χ3n) is 1.73. The first-order valence-corrected chi connectivity index (χ1v) is 4.70. The Hall–Kier alpha value is -1.49. The van der Waals surface area contributed by atoms with Crippen LogP contribution in [0.4, 0.5) is 0 Å². The molecule has 0 aromatic carbocycles. The maximum atomic E-state index is 11.4. The molecule has 0 amide bonds. The zero-order chi connectivity index (χ0) is 11.1. The first-order chi connectivity index (χ1) is 7.24. The number of aromatic nitrogens is 2. The highest BCUT2D eigenvalue weighted by Gasteiger charge is 2.08. The van der Waals surface area contributed by atoms with E-state index in [9.17, 15) is 4.79 Å². The number of ether oxygens (including phenoxy) is 2. The summed E-state index contributed by atoms with van der Waals surface area (Å²) in [5.41, 5.74) is 1.00. The molecule has 1 rings (SSSR count). The van der Waals surface area contributed by atoms with E-state index in [2.05, 4.69) is 10.2 Å². The monoisotopic (exact) mass is 210 g/mol. The van der Waals surface area contributed by atoms with Crippen molar-refractivity contribution >= 4 is 5.97 Å². The second-order valence-electron chi connectivity index (χ2n) is 3.04. The lowest BCUT2D eigenvalue weighted by atomic mass is 10.3. The van der Waals surface area contributed by atoms with Crippen molar-refractivity contribution in [3.05, 3.63) is 23.5 Å². The Balaban J connectivity index is 2.37. The Morgan fingerprint density at radius 2 is 2.13 bits per heavy atom. The van der Waals surface area contributed by atoms with E-state index in [0.717, 1.165) is 5.69 Å². The van der Waals surface area contributed by atoms with Gasteiger partial charge in [-0.05, 0) is 19.1 Å². The fourth-order valence-corrected chi connectivity index (χ4v) is 0.950. The van der Waals surface area contributed by atoms with E-state index in [1.54, 1.807) is 26.2 Å². The van der Waals surface area contributed by atoms with Crippen LogP contribution in [0.25, 0.3) is 0 Å². The number of nitrogens with zero attached hydrogens (tertiary/aromatic N) is 2. The van der Waals surface area contributed by atoms with Gasteiger partial charge in [0.1, 0.15) is 0 Å². The zero-order valence-electron chi connectivity index (χ0n) is 8.90. The molecule has 0 saturated heterocycles. The summed E-state index contributed by atoms with van der Waals surface area (Å²) in [5, 5.41) is 7.49. The maximum Gasteiger partial charge on any atom is 0.358 e. The van der Waals surface area contributed by atoms with Crippen molar-refractivity contribution in [3.8, 4) is 0 Å². The van der Waals surface area contributed by atoms with Crippen molar-refractivity contribution in [1.82, 2.24) is 10.2 Å². The lowest BCUT2D eigenvalue weighted by molar-refractivity contribution is 0.0460. The molecule has 0 aliphatic heterocycles. The number of hydrogen-bond acceptors (Lipinski definition) is 5. The van der Waals surface area contributed by atoms with Crippen molar-refractivity contribution < 1.29 is 14.3 Å². The second-order valence-corrected chi connectivity index (χ2v) is 3.04. The van der Waals surface area contributed by atoms with Crippen molar-refractivity contribution in [3.63, 3.8) is 0 Å². The van der Waals surface area contributed by atoms with Crippen LogP contribution in [0.15, 0.2) is 12.1 Å². The molecule has 0 aliphatic carbocycles. The van der Waals surface area contributed by atoms with Gasteiger partial charge in [-0.1, -0.05) is 0 Å². The van der Waals surface area contributed by atoms with Gasteiger partial charge in [-0.2, -0.15) is 5.10 Å². The molecule has 0 unspecified atom stereocenters. The van der Waals surface area contributed by atoms with Crippen LogP contribution in [0.2, 0.25) is 0 Å². The van der Waals surface area contributed by atoms with Crippen LogP contribution in [0.3, 0.4) is 0 Å². The molecule has 15 heavy (non-hydrogen) atoms. The van der Waals surface area contributed by atoms with Crippen molar-refractivity contribution in [2.45, 2.75) is 13.3 Å². The maximum absolute atomic E-state index is 11.4. The van der Waals surface area contributed by atoms with Crippen molar-refractivity contribution in [2.75, 3.05) is 20.3 Å². The average Bonchev–Trinajstić information content (AvgIpc) is 2.25. The third kappa shape index (κ3) is 4.03. The molecule has 0 bridgehead atoms. The van der Waals surface area contributed by atoms with Gasteiger partial charge in [0.2, 0.25) is 0 Å². The van der Waals surface area contributed by atoms with Gasteiger partial charge < -0.3 is 9.47 Å². The molecule has 1 aromatic heterocycles. The highest BCUT2D eigenvalue weighted by Crippen LogP contribution is 1.98. The van der Waals surface area contributed by atoms with Crippen LogP contribution in [0, 0.1) is 6.92 Å². The summed E-state index contributed by atoms with van der Waals surface area (Å²) in [6.45, 7) is 2.72. The summed E-state index contributed by atoms with van der Waals surface area (Å²) in [4.78, 5) is 11.4. The predicted molar refractivity (Wildman–Crippen MR) is 53.5 cm³/mol. The molecule has 0 atom stereocenters. The summed E-state index contributed by atoms with van der Waals surface area (Å²) < 4.78 is 9.77. The summed E-state index contributed by atoms with van der Waals surface area (Å²) in [6, 6.07) is 3.32. The van der Waals surface area contributed by atoms with Crippen LogP contribution in [0.5, 0.6) is 0 Å². The molecular weight excluding hydrogens is 196 g/mol. The quantitative estimate of drug-likeness (QED) is 0.535. The summed E-state index contributed by atoms with van der Waals surface area (Å²) >= 11 is 0. The van der Waals surface area contributed by atoms with E-state index in [1.165, 1.54) is 0 Å². The third-order valence-corrected chi connectivity index (χ3v) is 1.73. The predicted octanol–water partition coefficient (Wildman–Crippen LogP) is 0.978. The first kappa shape index (κ1) is 11.6. The van der Waals surface area contributed by atoms with Gasteiger partial charge in [-0.15, -0.1) is 5.10 Å². The van der Waals surface area contributed by atoms with Gasteiger partial charge in [-0.25, -0.2) is 4.79 Å². The van der Waals surface area contributed by atoms with E-state index in [1.807, 2.05) is 0 Å². The minimum Gasteiger partial charge on any atom is -0.461 e. The fraction of sp³-hybridized carbons (Fsp3) is 0.500. The molecule has 5 nitrogen and oxygen atoms in total. The minimum atomic E-state index is -0.446. The SMILES string of the molecule is COCCCOC(=O)c1ccc(C)nn1. The van der Waals surface area contributed by atoms with Crippen LogP contribution in [0.1, 0.15) is 22.6 Å². The summed E-state index contributed by atoms with van der Waals surface area (Å²) in [7, 11) is 1.60. The van der Waals surface area contributed by atoms with Crippen LogP contribution < -0.4 is 0 Å². The minimum absolute atomic E-state index is 0.234. The van der Waals surface area contributed by atoms with Gasteiger partial charge in [0.25, 0.3) is 0 Å². The van der Waals surface area contributed by atoms with Gasteiger partial charge >= 0.3 is 5.97 Å². The molecule has 0 N–H and O–H groups in total. The smallest absolute Gasteiger partial charge is 0.358 e. The lowest BCUT2D eigenvalue weighted by Gasteiger charge is -2.03. The molecule has 5 heteroatoms. The Kier molecular flexibility index (Phi) is 4.70. The Bertz CT molecular complexity index is 311. The number of carbonyl (C=O) groups is 1. The van der Waals surface area contributed by atoms with E-state index < -0.39 is 5.97 Å². The highest BCUT2D eigenvalue weighted by molar-refractivity contribution is 5.86.